The number of benzene rings is 2. The lowest BCUT2D eigenvalue weighted by Crippen LogP contribution is -2.46. The maximum absolute atomic E-state index is 14.1. The van der Waals surface area contributed by atoms with Crippen molar-refractivity contribution in [2.24, 2.45) is 5.73 Å². The number of nitrogens with two attached hydrogens (primary N) is 1. The first kappa shape index (κ1) is 25.3. The largest absolute Gasteiger partial charge is 0.492 e. The van der Waals surface area contributed by atoms with Crippen molar-refractivity contribution < 1.29 is 23.1 Å². The summed E-state index contributed by atoms with van der Waals surface area (Å²) >= 11 is 0. The third-order valence-electron chi connectivity index (χ3n) is 7.19. The van der Waals surface area contributed by atoms with Crippen LogP contribution in [0, 0.1) is 17.7 Å². The molecule has 37 heavy (non-hydrogen) atoms. The Hall–Kier alpha value is -3.38. The fourth-order valence-corrected chi connectivity index (χ4v) is 6.36. The third-order valence-corrected chi connectivity index (χ3v) is 8.44. The first-order chi connectivity index (χ1) is 17.7. The molecule has 8 heteroatoms. The number of hydrogen-bond acceptors (Lipinski definition) is 5. The number of fused-ring (bicyclic) bond motifs is 2. The van der Waals surface area contributed by atoms with E-state index in [9.17, 15) is 14.0 Å². The fourth-order valence-electron chi connectivity index (χ4n) is 5.17. The second kappa shape index (κ2) is 9.82. The highest BCUT2D eigenvalue weighted by molar-refractivity contribution is 6.69. The predicted octanol–water partition coefficient (Wildman–Crippen LogP) is 4.12. The number of halogens is 1. The number of hydrogen-bond donors (Lipinski definition) is 2. The van der Waals surface area contributed by atoms with Crippen molar-refractivity contribution >= 4 is 14.2 Å². The second-order valence-electron chi connectivity index (χ2n) is 10.6. The number of amides is 1. The minimum absolute atomic E-state index is 0.117. The van der Waals surface area contributed by atoms with Gasteiger partial charge in [-0.25, -0.2) is 4.39 Å². The number of rotatable bonds is 4. The van der Waals surface area contributed by atoms with Gasteiger partial charge in [0.1, 0.15) is 11.6 Å². The molecule has 3 heterocycles. The number of carbonyl (C=O) groups excluding carboxylic acids is 1. The lowest BCUT2D eigenvalue weighted by atomic mass is 9.74. The van der Waals surface area contributed by atoms with Gasteiger partial charge in [-0.05, 0) is 67.7 Å². The van der Waals surface area contributed by atoms with Crippen molar-refractivity contribution in [3.05, 3.63) is 88.1 Å². The molecule has 0 unspecified atom stereocenters. The molecule has 1 fully saturated rings. The summed E-state index contributed by atoms with van der Waals surface area (Å²) in [4.78, 5) is 25.8. The van der Waals surface area contributed by atoms with E-state index in [-0.39, 0.29) is 22.6 Å². The SMILES string of the molecule is C[Si](C)(O)Cc1cc(C(=O)N2CCC3(CC2)COc2ccc(CN)cc23)oc1C#Cc1ccccc1F. The molecule has 6 nitrogen and oxygen atoms in total. The molecule has 3 aromatic rings. The van der Waals surface area contributed by atoms with Gasteiger partial charge in [0.25, 0.3) is 5.91 Å². The predicted molar refractivity (Wildman–Crippen MR) is 141 cm³/mol. The van der Waals surface area contributed by atoms with Crippen molar-refractivity contribution in [3.63, 3.8) is 0 Å². The van der Waals surface area contributed by atoms with Crippen LogP contribution in [0.3, 0.4) is 0 Å². The van der Waals surface area contributed by atoms with Gasteiger partial charge in [-0.1, -0.05) is 30.2 Å². The molecule has 0 radical (unpaired) electrons. The van der Waals surface area contributed by atoms with Gasteiger partial charge in [0.2, 0.25) is 0 Å². The Morgan fingerprint density at radius 1 is 1.16 bits per heavy atom. The van der Waals surface area contributed by atoms with Gasteiger partial charge in [0.15, 0.2) is 19.8 Å². The van der Waals surface area contributed by atoms with E-state index >= 15 is 0 Å². The summed E-state index contributed by atoms with van der Waals surface area (Å²) < 4.78 is 26.0. The molecule has 3 N–H and O–H groups in total. The fraction of sp³-hybridized carbons (Fsp3) is 0.345. The molecule has 1 aromatic heterocycles. The average molecular weight is 519 g/mol. The molecular weight excluding hydrogens is 487 g/mol. The highest BCUT2D eigenvalue weighted by Gasteiger charge is 2.44. The number of piperidine rings is 1. The van der Waals surface area contributed by atoms with E-state index in [2.05, 4.69) is 17.9 Å². The standard InChI is InChI=1S/C29H31FN2O4Si/c1-37(2,34)18-22-16-27(36-25(22)10-8-21-5-3-4-6-24(21)30)28(33)32-13-11-29(12-14-32)19-35-26-9-7-20(17-31)15-23(26)29/h3-7,9,15-16,34H,11-14,17-19,31H2,1-2H3. The zero-order valence-electron chi connectivity index (χ0n) is 21.1. The molecule has 2 aromatic carbocycles. The first-order valence-corrected chi connectivity index (χ1v) is 15.7. The van der Waals surface area contributed by atoms with Gasteiger partial charge in [-0.3, -0.25) is 4.79 Å². The van der Waals surface area contributed by atoms with Crippen LogP contribution in [-0.2, 0) is 18.0 Å². The smallest absolute Gasteiger partial charge is 0.289 e. The number of carbonyl (C=O) groups is 1. The summed E-state index contributed by atoms with van der Waals surface area (Å²) in [5.74, 6) is 6.46. The van der Waals surface area contributed by atoms with Crippen LogP contribution in [0.1, 0.15) is 51.4 Å². The monoisotopic (exact) mass is 518 g/mol. The minimum Gasteiger partial charge on any atom is -0.492 e. The molecule has 0 aliphatic carbocycles. The molecule has 2 aliphatic rings. The molecule has 0 saturated carbocycles. The molecule has 0 atom stereocenters. The maximum Gasteiger partial charge on any atom is 0.289 e. The molecule has 1 spiro atoms. The normalized spacial score (nSPS) is 16.2. The lowest BCUT2D eigenvalue weighted by Gasteiger charge is -2.38. The van der Waals surface area contributed by atoms with E-state index in [1.165, 1.54) is 11.6 Å². The van der Waals surface area contributed by atoms with Crippen LogP contribution in [0.25, 0.3) is 0 Å². The topological polar surface area (TPSA) is 88.9 Å². The van der Waals surface area contributed by atoms with Crippen LogP contribution in [0.2, 0.25) is 13.1 Å². The van der Waals surface area contributed by atoms with Gasteiger partial charge < -0.3 is 24.6 Å². The summed E-state index contributed by atoms with van der Waals surface area (Å²) in [6.45, 7) is 5.86. The highest BCUT2D eigenvalue weighted by atomic mass is 28.4. The summed E-state index contributed by atoms with van der Waals surface area (Å²) in [6, 6.07) is 14.4. The van der Waals surface area contributed by atoms with Crippen molar-refractivity contribution in [2.45, 2.75) is 43.9 Å². The van der Waals surface area contributed by atoms with Crippen LogP contribution in [-0.4, -0.2) is 43.6 Å². The number of ether oxygens (including phenoxy) is 1. The van der Waals surface area contributed by atoms with Crippen molar-refractivity contribution in [1.29, 1.82) is 0 Å². The van der Waals surface area contributed by atoms with E-state index in [0.717, 1.165) is 24.2 Å². The molecule has 0 bridgehead atoms. The summed E-state index contributed by atoms with van der Waals surface area (Å²) in [6.07, 6.45) is 1.56. The van der Waals surface area contributed by atoms with Gasteiger partial charge in [0, 0.05) is 36.2 Å². The Balaban J connectivity index is 1.36. The van der Waals surface area contributed by atoms with Crippen molar-refractivity contribution in [2.75, 3.05) is 19.7 Å². The van der Waals surface area contributed by atoms with Gasteiger partial charge in [0.05, 0.1) is 12.2 Å². The zero-order chi connectivity index (χ0) is 26.2. The van der Waals surface area contributed by atoms with E-state index < -0.39 is 14.1 Å². The Morgan fingerprint density at radius 3 is 2.62 bits per heavy atom. The maximum atomic E-state index is 14.1. The zero-order valence-corrected chi connectivity index (χ0v) is 22.1. The minimum atomic E-state index is -2.52. The number of nitrogens with zero attached hydrogens (tertiary/aromatic N) is 1. The first-order valence-electron chi connectivity index (χ1n) is 12.5. The Bertz CT molecular complexity index is 1390. The van der Waals surface area contributed by atoms with Crippen LogP contribution in [0.4, 0.5) is 4.39 Å². The van der Waals surface area contributed by atoms with E-state index in [1.54, 1.807) is 29.2 Å². The van der Waals surface area contributed by atoms with Crippen molar-refractivity contribution in [3.8, 4) is 17.6 Å². The van der Waals surface area contributed by atoms with E-state index in [4.69, 9.17) is 14.9 Å². The van der Waals surface area contributed by atoms with E-state index in [1.807, 2.05) is 25.2 Å². The molecule has 1 saturated heterocycles. The molecule has 2 aliphatic heterocycles. The average Bonchev–Trinajstić information content (AvgIpc) is 3.43. The molecule has 192 valence electrons. The highest BCUT2D eigenvalue weighted by Crippen LogP contribution is 2.46. The summed E-state index contributed by atoms with van der Waals surface area (Å²) in [7, 11) is -2.52. The third kappa shape index (κ3) is 5.21. The number of likely N-dealkylation sites (tertiary alicyclic amines) is 1. The van der Waals surface area contributed by atoms with Crippen LogP contribution < -0.4 is 10.5 Å². The summed E-state index contributed by atoms with van der Waals surface area (Å²) in [5, 5.41) is 0. The van der Waals surface area contributed by atoms with Gasteiger partial charge in [-0.15, -0.1) is 0 Å². The molecule has 5 rings (SSSR count). The van der Waals surface area contributed by atoms with Gasteiger partial charge >= 0.3 is 0 Å². The second-order valence-corrected chi connectivity index (χ2v) is 14.6. The Labute approximate surface area is 217 Å². The molecular formula is C29H31FN2O4Si. The molecule has 1 amide bonds. The van der Waals surface area contributed by atoms with Crippen LogP contribution in [0.5, 0.6) is 5.75 Å². The quantitative estimate of drug-likeness (QED) is 0.401. The Kier molecular flexibility index (Phi) is 6.71. The van der Waals surface area contributed by atoms with Crippen LogP contribution >= 0.6 is 0 Å². The van der Waals surface area contributed by atoms with Crippen LogP contribution in [0.15, 0.2) is 52.9 Å². The lowest BCUT2D eigenvalue weighted by molar-refractivity contribution is 0.0615. The van der Waals surface area contributed by atoms with E-state index in [0.29, 0.717) is 43.6 Å². The number of furan rings is 1. The van der Waals surface area contributed by atoms with Crippen molar-refractivity contribution in [1.82, 2.24) is 4.90 Å². The summed E-state index contributed by atoms with van der Waals surface area (Å²) in [5.41, 5.74) is 8.92. The Morgan fingerprint density at radius 2 is 1.92 bits per heavy atom. The van der Waals surface area contributed by atoms with Gasteiger partial charge in [-0.2, -0.15) is 0 Å².